The first kappa shape index (κ1) is 13.6. The van der Waals surface area contributed by atoms with E-state index >= 15 is 0 Å². The maximum Gasteiger partial charge on any atom is 0.242 e. The molecule has 0 aromatic rings. The molecule has 1 saturated heterocycles. The summed E-state index contributed by atoms with van der Waals surface area (Å²) in [6, 6.07) is 0. The van der Waals surface area contributed by atoms with Crippen molar-refractivity contribution < 1.29 is 9.59 Å². The first-order valence-electron chi connectivity index (χ1n) is 8.40. The minimum absolute atomic E-state index is 0.0983. The first-order chi connectivity index (χ1) is 10.2. The predicted octanol–water partition coefficient (Wildman–Crippen LogP) is 0.169. The second kappa shape index (κ2) is 4.97. The molecule has 5 heteroatoms. The largest absolute Gasteiger partial charge is 0.339 e. The maximum absolute atomic E-state index is 12.6. The molecule has 4 fully saturated rings. The summed E-state index contributed by atoms with van der Waals surface area (Å²) in [7, 11) is 1.80. The van der Waals surface area contributed by atoms with Crippen LogP contribution < -0.4 is 5.32 Å². The Kier molecular flexibility index (Phi) is 3.21. The number of carbonyl (C=O) groups excluding carboxylic acids is 2. The van der Waals surface area contributed by atoms with E-state index in [-0.39, 0.29) is 24.3 Å². The lowest BCUT2D eigenvalue weighted by molar-refractivity contribution is -0.141. The molecule has 21 heavy (non-hydrogen) atoms. The highest BCUT2D eigenvalue weighted by Crippen LogP contribution is 2.69. The van der Waals surface area contributed by atoms with E-state index in [2.05, 4.69) is 5.32 Å². The molecular formula is C16H25N3O2. The smallest absolute Gasteiger partial charge is 0.242 e. The number of amides is 2. The van der Waals surface area contributed by atoms with E-state index in [1.165, 1.54) is 19.3 Å². The van der Waals surface area contributed by atoms with Gasteiger partial charge < -0.3 is 15.1 Å². The molecule has 3 saturated carbocycles. The highest BCUT2D eigenvalue weighted by atomic mass is 16.2. The molecule has 4 aliphatic rings. The summed E-state index contributed by atoms with van der Waals surface area (Å²) in [5.74, 6) is 3.52. The van der Waals surface area contributed by atoms with Gasteiger partial charge in [-0.2, -0.15) is 0 Å². The minimum Gasteiger partial charge on any atom is -0.339 e. The lowest BCUT2D eigenvalue weighted by Crippen LogP contribution is -2.50. The average molecular weight is 291 g/mol. The van der Waals surface area contributed by atoms with Gasteiger partial charge >= 0.3 is 0 Å². The molecule has 0 aromatic carbocycles. The van der Waals surface area contributed by atoms with E-state index in [0.29, 0.717) is 11.8 Å². The second-order valence-electron chi connectivity index (χ2n) is 7.34. The van der Waals surface area contributed by atoms with Crippen LogP contribution in [0.5, 0.6) is 0 Å². The lowest BCUT2D eigenvalue weighted by atomic mass is 10.0. The van der Waals surface area contributed by atoms with Crippen molar-refractivity contribution in [3.05, 3.63) is 0 Å². The quantitative estimate of drug-likeness (QED) is 0.806. The highest BCUT2D eigenvalue weighted by Gasteiger charge is 2.67. The molecule has 5 nitrogen and oxygen atoms in total. The topological polar surface area (TPSA) is 52.7 Å². The van der Waals surface area contributed by atoms with Crippen molar-refractivity contribution in [3.63, 3.8) is 0 Å². The van der Waals surface area contributed by atoms with Crippen molar-refractivity contribution in [2.24, 2.45) is 29.6 Å². The first-order valence-corrected chi connectivity index (χ1v) is 8.40. The van der Waals surface area contributed by atoms with E-state index in [1.807, 2.05) is 4.90 Å². The third-order valence-corrected chi connectivity index (χ3v) is 6.24. The minimum atomic E-state index is 0.0983. The van der Waals surface area contributed by atoms with Gasteiger partial charge in [0.1, 0.15) is 0 Å². The van der Waals surface area contributed by atoms with Gasteiger partial charge in [-0.05, 0) is 42.9 Å². The summed E-state index contributed by atoms with van der Waals surface area (Å²) in [6.45, 7) is 3.50. The maximum atomic E-state index is 12.6. The Morgan fingerprint density at radius 3 is 2.38 bits per heavy atom. The number of piperazine rings is 1. The summed E-state index contributed by atoms with van der Waals surface area (Å²) < 4.78 is 0. The SMILES string of the molecule is CN(CC(=O)N1CCNCC1)C(=O)C1C2C3CCC(C3)C12. The number of carbonyl (C=O) groups is 2. The Hall–Kier alpha value is -1.10. The number of hydrogen-bond donors (Lipinski definition) is 1. The summed E-state index contributed by atoms with van der Waals surface area (Å²) in [4.78, 5) is 28.4. The van der Waals surface area contributed by atoms with Crippen LogP contribution in [-0.2, 0) is 9.59 Å². The molecule has 0 radical (unpaired) electrons. The summed E-state index contributed by atoms with van der Waals surface area (Å²) >= 11 is 0. The van der Waals surface area contributed by atoms with Crippen LogP contribution in [0.3, 0.4) is 0 Å². The van der Waals surface area contributed by atoms with Gasteiger partial charge in [0.15, 0.2) is 0 Å². The van der Waals surface area contributed by atoms with Gasteiger partial charge in [-0.3, -0.25) is 9.59 Å². The van der Waals surface area contributed by atoms with Crippen LogP contribution in [0, 0.1) is 29.6 Å². The molecule has 1 aliphatic heterocycles. The number of nitrogens with zero attached hydrogens (tertiary/aromatic N) is 2. The van der Waals surface area contributed by atoms with E-state index in [1.54, 1.807) is 11.9 Å². The van der Waals surface area contributed by atoms with Crippen LogP contribution in [0.25, 0.3) is 0 Å². The number of fused-ring (bicyclic) bond motifs is 5. The molecule has 0 aromatic heterocycles. The molecule has 1 heterocycles. The lowest BCUT2D eigenvalue weighted by Gasteiger charge is -2.29. The number of nitrogens with one attached hydrogen (secondary N) is 1. The Bertz CT molecular complexity index is 444. The molecular weight excluding hydrogens is 266 g/mol. The molecule has 3 aliphatic carbocycles. The third-order valence-electron chi connectivity index (χ3n) is 6.24. The zero-order valence-electron chi connectivity index (χ0n) is 12.8. The van der Waals surface area contributed by atoms with Crippen LogP contribution in [0.2, 0.25) is 0 Å². The van der Waals surface area contributed by atoms with Gasteiger partial charge in [0, 0.05) is 39.1 Å². The number of hydrogen-bond acceptors (Lipinski definition) is 3. The van der Waals surface area contributed by atoms with Crippen LogP contribution in [0.4, 0.5) is 0 Å². The normalized spacial score (nSPS) is 40.0. The zero-order chi connectivity index (χ0) is 14.6. The van der Waals surface area contributed by atoms with Crippen LogP contribution in [-0.4, -0.2) is 61.4 Å². The molecule has 4 unspecified atom stereocenters. The van der Waals surface area contributed by atoms with E-state index in [4.69, 9.17) is 0 Å². The van der Waals surface area contributed by atoms with Crippen molar-refractivity contribution in [3.8, 4) is 0 Å². The van der Waals surface area contributed by atoms with E-state index in [0.717, 1.165) is 38.0 Å². The fourth-order valence-corrected chi connectivity index (χ4v) is 5.20. The van der Waals surface area contributed by atoms with Crippen molar-refractivity contribution in [1.29, 1.82) is 0 Å². The third kappa shape index (κ3) is 2.17. The monoisotopic (exact) mass is 291 g/mol. The summed E-state index contributed by atoms with van der Waals surface area (Å²) in [5, 5.41) is 3.24. The Morgan fingerprint density at radius 2 is 1.76 bits per heavy atom. The van der Waals surface area contributed by atoms with Crippen molar-refractivity contribution >= 4 is 11.8 Å². The molecule has 2 amide bonds. The Balaban J connectivity index is 1.32. The Labute approximate surface area is 126 Å². The van der Waals surface area contributed by atoms with Crippen LogP contribution in [0.15, 0.2) is 0 Å². The van der Waals surface area contributed by atoms with Gasteiger partial charge in [-0.1, -0.05) is 0 Å². The van der Waals surface area contributed by atoms with Crippen LogP contribution in [0.1, 0.15) is 19.3 Å². The fourth-order valence-electron chi connectivity index (χ4n) is 5.20. The zero-order valence-corrected chi connectivity index (χ0v) is 12.8. The molecule has 116 valence electrons. The highest BCUT2D eigenvalue weighted by molar-refractivity contribution is 5.88. The molecule has 1 N–H and O–H groups in total. The van der Waals surface area contributed by atoms with Gasteiger partial charge in [-0.25, -0.2) is 0 Å². The van der Waals surface area contributed by atoms with E-state index < -0.39 is 0 Å². The predicted molar refractivity (Wildman–Crippen MR) is 78.4 cm³/mol. The summed E-state index contributed by atoms with van der Waals surface area (Å²) in [5.41, 5.74) is 0. The Morgan fingerprint density at radius 1 is 1.14 bits per heavy atom. The fraction of sp³-hybridized carbons (Fsp3) is 0.875. The number of likely N-dealkylation sites (N-methyl/N-ethyl adjacent to an activating group) is 1. The molecule has 2 bridgehead atoms. The van der Waals surface area contributed by atoms with Crippen molar-refractivity contribution in [1.82, 2.24) is 15.1 Å². The summed E-state index contributed by atoms with van der Waals surface area (Å²) in [6.07, 6.45) is 4.03. The van der Waals surface area contributed by atoms with Gasteiger partial charge in [-0.15, -0.1) is 0 Å². The molecule has 0 spiro atoms. The van der Waals surface area contributed by atoms with Gasteiger partial charge in [0.2, 0.25) is 11.8 Å². The van der Waals surface area contributed by atoms with Gasteiger partial charge in [0.05, 0.1) is 6.54 Å². The molecule has 4 atom stereocenters. The van der Waals surface area contributed by atoms with Crippen molar-refractivity contribution in [2.75, 3.05) is 39.8 Å². The second-order valence-corrected chi connectivity index (χ2v) is 7.34. The van der Waals surface area contributed by atoms with Crippen molar-refractivity contribution in [2.45, 2.75) is 19.3 Å². The van der Waals surface area contributed by atoms with Gasteiger partial charge in [0.25, 0.3) is 0 Å². The molecule has 4 rings (SSSR count). The van der Waals surface area contributed by atoms with E-state index in [9.17, 15) is 9.59 Å². The van der Waals surface area contributed by atoms with Crippen LogP contribution >= 0.6 is 0 Å². The number of rotatable bonds is 3. The average Bonchev–Trinajstić information content (AvgIpc) is 2.94. The standard InChI is InChI=1S/C16H25N3O2/c1-18(9-12(20)19-6-4-17-5-7-19)16(21)15-13-10-2-3-11(8-10)14(13)15/h10-11,13-15,17H,2-9H2,1H3.